The lowest BCUT2D eigenvalue weighted by atomic mass is 9.82. The van der Waals surface area contributed by atoms with Gasteiger partial charge < -0.3 is 9.47 Å². The zero-order valence-corrected chi connectivity index (χ0v) is 15.2. The molecule has 0 aliphatic carbocycles. The molecule has 1 heterocycles. The second-order valence-corrected chi connectivity index (χ2v) is 6.72. The highest BCUT2D eigenvalue weighted by Gasteiger charge is 2.45. The van der Waals surface area contributed by atoms with Crippen LogP contribution >= 0.6 is 15.9 Å². The fourth-order valence-electron chi connectivity index (χ4n) is 3.14. The van der Waals surface area contributed by atoms with Gasteiger partial charge in [0.15, 0.2) is 24.1 Å². The normalized spacial score (nSPS) is 22.8. The molecule has 4 nitrogen and oxygen atoms in total. The van der Waals surface area contributed by atoms with Crippen molar-refractivity contribution in [3.63, 3.8) is 0 Å². The molecular weight excluding hydrogens is 396 g/mol. The highest BCUT2D eigenvalue weighted by molar-refractivity contribution is 9.10. The summed E-state index contributed by atoms with van der Waals surface area (Å²) in [6, 6.07) is 8.24. The van der Waals surface area contributed by atoms with Crippen LogP contribution in [0.25, 0.3) is 0 Å². The van der Waals surface area contributed by atoms with Crippen LogP contribution in [0.3, 0.4) is 0 Å². The molecule has 2 aromatic rings. The van der Waals surface area contributed by atoms with E-state index in [0.29, 0.717) is 11.8 Å². The van der Waals surface area contributed by atoms with Crippen LogP contribution in [0.5, 0.6) is 5.75 Å². The molecule has 1 N–H and O–H groups in total. The molecular formula is C18H16BrF2NO3. The van der Waals surface area contributed by atoms with E-state index in [1.807, 2.05) is 6.07 Å². The molecule has 7 heteroatoms. The van der Waals surface area contributed by atoms with E-state index < -0.39 is 23.4 Å². The number of ether oxygens (including phenoxy) is 2. The molecule has 3 rings (SSSR count). The van der Waals surface area contributed by atoms with Gasteiger partial charge in [-0.2, -0.15) is 0 Å². The molecule has 0 bridgehead atoms. The summed E-state index contributed by atoms with van der Waals surface area (Å²) in [5, 5.41) is 2.99. The van der Waals surface area contributed by atoms with Gasteiger partial charge in [0.05, 0.1) is 19.3 Å². The first kappa shape index (κ1) is 18.0. The maximum Gasteiger partial charge on any atom is 0.165 e. The Morgan fingerprint density at radius 2 is 2.16 bits per heavy atom. The molecule has 1 fully saturated rings. The first-order valence-corrected chi connectivity index (χ1v) is 8.36. The summed E-state index contributed by atoms with van der Waals surface area (Å²) in [5.41, 5.74) is -0.430. The number of nitrogens with one attached hydrogen (secondary N) is 1. The van der Waals surface area contributed by atoms with E-state index in [4.69, 9.17) is 9.47 Å². The number of methoxy groups -OCH3 is 1. The van der Waals surface area contributed by atoms with E-state index in [9.17, 15) is 9.18 Å². The molecule has 0 spiro atoms. The van der Waals surface area contributed by atoms with Crippen molar-refractivity contribution in [2.24, 2.45) is 0 Å². The Morgan fingerprint density at radius 1 is 1.40 bits per heavy atom. The number of carbonyl (C=O) groups is 1. The number of hydrogen-bond donors (Lipinski definition) is 1. The molecule has 2 aromatic carbocycles. The van der Waals surface area contributed by atoms with Crippen LogP contribution in [0.2, 0.25) is 0 Å². The fourth-order valence-corrected chi connectivity index (χ4v) is 3.54. The zero-order chi connectivity index (χ0) is 18.2. The minimum Gasteiger partial charge on any atom is -0.493 e. The van der Waals surface area contributed by atoms with Gasteiger partial charge in [-0.05, 0) is 30.7 Å². The van der Waals surface area contributed by atoms with Crippen LogP contribution in [0, 0.1) is 18.6 Å². The predicted octanol–water partition coefficient (Wildman–Crippen LogP) is 3.43. The molecule has 1 aliphatic heterocycles. The standard InChI is InChI=1S/C18H16BrF2NO3/c1-10-16(21)13(7-14(20)17(10)24-2)18(9-25-15(8-23)22-18)11-4-3-5-12(19)6-11/h3-8,15,22H,9H2,1-2H3. The van der Waals surface area contributed by atoms with E-state index in [0.717, 1.165) is 10.5 Å². The Hall–Kier alpha value is -1.83. The smallest absolute Gasteiger partial charge is 0.165 e. The van der Waals surface area contributed by atoms with Crippen molar-refractivity contribution < 1.29 is 23.0 Å². The van der Waals surface area contributed by atoms with Gasteiger partial charge in [-0.3, -0.25) is 10.1 Å². The minimum atomic E-state index is -1.20. The number of halogens is 3. The zero-order valence-electron chi connectivity index (χ0n) is 13.6. The monoisotopic (exact) mass is 411 g/mol. The van der Waals surface area contributed by atoms with Crippen LogP contribution in [-0.2, 0) is 15.1 Å². The number of rotatable bonds is 4. The first-order valence-electron chi connectivity index (χ1n) is 7.56. The van der Waals surface area contributed by atoms with Crippen molar-refractivity contribution in [1.82, 2.24) is 5.32 Å². The Balaban J connectivity index is 2.26. The van der Waals surface area contributed by atoms with Crippen LogP contribution in [0.15, 0.2) is 34.8 Å². The Bertz CT molecular complexity index is 830. The number of benzene rings is 2. The van der Waals surface area contributed by atoms with Crippen molar-refractivity contribution in [2.45, 2.75) is 18.7 Å². The van der Waals surface area contributed by atoms with E-state index in [2.05, 4.69) is 21.2 Å². The molecule has 132 valence electrons. The highest BCUT2D eigenvalue weighted by atomic mass is 79.9. The van der Waals surface area contributed by atoms with Gasteiger partial charge in [-0.1, -0.05) is 28.1 Å². The quantitative estimate of drug-likeness (QED) is 0.782. The Labute approximate surface area is 152 Å². The van der Waals surface area contributed by atoms with E-state index >= 15 is 4.39 Å². The summed E-state index contributed by atoms with van der Waals surface area (Å²) in [4.78, 5) is 11.2. The lowest BCUT2D eigenvalue weighted by molar-refractivity contribution is -0.116. The molecule has 0 radical (unpaired) electrons. The summed E-state index contributed by atoms with van der Waals surface area (Å²) >= 11 is 3.38. The van der Waals surface area contributed by atoms with Crippen LogP contribution in [0.1, 0.15) is 16.7 Å². The third kappa shape index (κ3) is 2.96. The first-order chi connectivity index (χ1) is 11.9. The van der Waals surface area contributed by atoms with Crippen molar-refractivity contribution in [2.75, 3.05) is 13.7 Å². The molecule has 2 atom stereocenters. The lowest BCUT2D eigenvalue weighted by Crippen LogP contribution is -2.44. The second kappa shape index (κ2) is 6.82. The Morgan fingerprint density at radius 3 is 2.76 bits per heavy atom. The molecule has 0 aromatic heterocycles. The van der Waals surface area contributed by atoms with Gasteiger partial charge in [-0.15, -0.1) is 0 Å². The average molecular weight is 412 g/mol. The van der Waals surface area contributed by atoms with Gasteiger partial charge in [0.25, 0.3) is 0 Å². The molecule has 1 aliphatic rings. The minimum absolute atomic E-state index is 0.0189. The van der Waals surface area contributed by atoms with E-state index in [-0.39, 0.29) is 23.5 Å². The third-order valence-electron chi connectivity index (χ3n) is 4.37. The van der Waals surface area contributed by atoms with Crippen LogP contribution in [-0.4, -0.2) is 26.2 Å². The van der Waals surface area contributed by atoms with Crippen LogP contribution < -0.4 is 10.1 Å². The maximum absolute atomic E-state index is 15.1. The molecule has 0 amide bonds. The number of hydrogen-bond acceptors (Lipinski definition) is 4. The topological polar surface area (TPSA) is 47.6 Å². The van der Waals surface area contributed by atoms with Crippen LogP contribution in [0.4, 0.5) is 8.78 Å². The molecule has 2 unspecified atom stereocenters. The summed E-state index contributed by atoms with van der Waals surface area (Å²) in [7, 11) is 1.29. The summed E-state index contributed by atoms with van der Waals surface area (Å²) in [6.45, 7) is 1.43. The predicted molar refractivity (Wildman–Crippen MR) is 91.5 cm³/mol. The summed E-state index contributed by atoms with van der Waals surface area (Å²) < 4.78 is 40.7. The SMILES string of the molecule is COc1c(F)cc(C2(c3cccc(Br)c3)COC(C=O)N2)c(F)c1C. The average Bonchev–Trinajstić information content (AvgIpc) is 3.04. The Kier molecular flexibility index (Phi) is 4.90. The van der Waals surface area contributed by atoms with Crippen molar-refractivity contribution in [3.8, 4) is 5.75 Å². The largest absolute Gasteiger partial charge is 0.493 e. The van der Waals surface area contributed by atoms with Crippen molar-refractivity contribution in [3.05, 3.63) is 63.1 Å². The molecule has 0 saturated carbocycles. The maximum atomic E-state index is 15.1. The van der Waals surface area contributed by atoms with Crippen molar-refractivity contribution >= 4 is 22.2 Å². The lowest BCUT2D eigenvalue weighted by Gasteiger charge is -2.31. The number of carbonyl (C=O) groups excluding carboxylic acids is 1. The third-order valence-corrected chi connectivity index (χ3v) is 4.86. The molecule has 1 saturated heterocycles. The summed E-state index contributed by atoms with van der Waals surface area (Å²) in [5.74, 6) is -1.43. The summed E-state index contributed by atoms with van der Waals surface area (Å²) in [6.07, 6.45) is -0.325. The van der Waals surface area contributed by atoms with E-state index in [1.54, 1.807) is 18.2 Å². The highest BCUT2D eigenvalue weighted by Crippen LogP contribution is 2.40. The van der Waals surface area contributed by atoms with Gasteiger partial charge in [-0.25, -0.2) is 8.78 Å². The number of aldehydes is 1. The second-order valence-electron chi connectivity index (χ2n) is 5.81. The van der Waals surface area contributed by atoms with E-state index in [1.165, 1.54) is 14.0 Å². The van der Waals surface area contributed by atoms with Gasteiger partial charge in [0.1, 0.15) is 5.82 Å². The molecule has 25 heavy (non-hydrogen) atoms. The van der Waals surface area contributed by atoms with Crippen molar-refractivity contribution in [1.29, 1.82) is 0 Å². The van der Waals surface area contributed by atoms with Gasteiger partial charge in [0.2, 0.25) is 0 Å². The van der Waals surface area contributed by atoms with Gasteiger partial charge in [0, 0.05) is 15.6 Å². The fraction of sp³-hybridized carbons (Fsp3) is 0.278. The van der Waals surface area contributed by atoms with Gasteiger partial charge >= 0.3 is 0 Å².